The Bertz CT molecular complexity index is 1150. The van der Waals surface area contributed by atoms with E-state index in [0.717, 1.165) is 24.1 Å². The number of hydrogen-bond donors (Lipinski definition) is 1. The number of aryl methyl sites for hydroxylation is 1. The third-order valence-electron chi connectivity index (χ3n) is 4.79. The van der Waals surface area contributed by atoms with Crippen molar-refractivity contribution in [2.75, 3.05) is 5.32 Å². The number of carbonyl (C=O) groups excluding carboxylic acids is 1. The molecule has 0 radical (unpaired) electrons. The van der Waals surface area contributed by atoms with Gasteiger partial charge in [-0.3, -0.25) is 14.2 Å². The van der Waals surface area contributed by atoms with Crippen LogP contribution in [0.15, 0.2) is 77.1 Å². The summed E-state index contributed by atoms with van der Waals surface area (Å²) in [6, 6.07) is 14.6. The topological polar surface area (TPSA) is 64.0 Å². The predicted octanol–water partition coefficient (Wildman–Crippen LogP) is 4.30. The van der Waals surface area contributed by atoms with E-state index in [4.69, 9.17) is 0 Å². The summed E-state index contributed by atoms with van der Waals surface area (Å²) in [5, 5.41) is 3.49. The van der Waals surface area contributed by atoms with Crippen LogP contribution < -0.4 is 10.9 Å². The number of hydrogen-bond acceptors (Lipinski definition) is 3. The van der Waals surface area contributed by atoms with E-state index in [1.165, 1.54) is 0 Å². The molecule has 0 unspecified atom stereocenters. The maximum absolute atomic E-state index is 12.9. The van der Waals surface area contributed by atoms with E-state index >= 15 is 0 Å². The van der Waals surface area contributed by atoms with E-state index in [1.807, 2.05) is 43.3 Å². The number of aromatic nitrogens is 2. The van der Waals surface area contributed by atoms with Crippen molar-refractivity contribution in [2.45, 2.75) is 26.2 Å². The van der Waals surface area contributed by atoms with Gasteiger partial charge in [-0.15, -0.1) is 0 Å². The zero-order valence-electron chi connectivity index (χ0n) is 15.7. The average molecular weight is 371 g/mol. The molecule has 1 heterocycles. The molecule has 0 fully saturated rings. The van der Waals surface area contributed by atoms with Gasteiger partial charge in [-0.05, 0) is 61.7 Å². The summed E-state index contributed by atoms with van der Waals surface area (Å²) in [4.78, 5) is 29.6. The van der Waals surface area contributed by atoms with Crippen LogP contribution in [0.3, 0.4) is 0 Å². The first kappa shape index (κ1) is 17.9. The van der Waals surface area contributed by atoms with Gasteiger partial charge >= 0.3 is 0 Å². The fourth-order valence-electron chi connectivity index (χ4n) is 3.43. The highest BCUT2D eigenvalue weighted by Gasteiger charge is 2.10. The highest BCUT2D eigenvalue weighted by atomic mass is 16.1. The Balaban J connectivity index is 1.56. The number of rotatable bonds is 4. The van der Waals surface area contributed by atoms with E-state index in [-0.39, 0.29) is 11.5 Å². The van der Waals surface area contributed by atoms with Crippen LogP contribution in [0.5, 0.6) is 0 Å². The maximum atomic E-state index is 12.9. The molecule has 5 nitrogen and oxygen atoms in total. The minimum Gasteiger partial charge on any atom is -0.326 e. The molecular formula is C23H21N3O2. The fraction of sp³-hybridized carbons (Fsp3) is 0.174. The molecule has 0 atom stereocenters. The first-order valence-electron chi connectivity index (χ1n) is 9.36. The Morgan fingerprint density at radius 1 is 1.11 bits per heavy atom. The quantitative estimate of drug-likeness (QED) is 0.744. The fourth-order valence-corrected chi connectivity index (χ4v) is 3.43. The smallest absolute Gasteiger partial charge is 0.265 e. The lowest BCUT2D eigenvalue weighted by Crippen LogP contribution is -2.22. The van der Waals surface area contributed by atoms with Crippen molar-refractivity contribution in [3.8, 4) is 5.69 Å². The van der Waals surface area contributed by atoms with Crippen molar-refractivity contribution in [3.05, 3.63) is 88.5 Å². The van der Waals surface area contributed by atoms with Crippen LogP contribution >= 0.6 is 0 Å². The lowest BCUT2D eigenvalue weighted by molar-refractivity contribution is -0.115. The van der Waals surface area contributed by atoms with Gasteiger partial charge in [0.25, 0.3) is 5.56 Å². The van der Waals surface area contributed by atoms with Crippen molar-refractivity contribution < 1.29 is 4.79 Å². The monoisotopic (exact) mass is 371 g/mol. The van der Waals surface area contributed by atoms with Gasteiger partial charge in [0.1, 0.15) is 5.82 Å². The van der Waals surface area contributed by atoms with E-state index < -0.39 is 0 Å². The Morgan fingerprint density at radius 3 is 2.64 bits per heavy atom. The largest absolute Gasteiger partial charge is 0.326 e. The van der Waals surface area contributed by atoms with E-state index in [0.29, 0.717) is 28.8 Å². The number of carbonyl (C=O) groups is 1. The zero-order chi connectivity index (χ0) is 19.5. The Morgan fingerprint density at radius 2 is 1.89 bits per heavy atom. The molecule has 28 heavy (non-hydrogen) atoms. The number of nitrogens with zero attached hydrogens (tertiary/aromatic N) is 2. The zero-order valence-corrected chi connectivity index (χ0v) is 15.7. The van der Waals surface area contributed by atoms with Crippen LogP contribution in [0.25, 0.3) is 16.6 Å². The lowest BCUT2D eigenvalue weighted by Gasteiger charge is -2.12. The number of nitrogens with one attached hydrogen (secondary N) is 1. The summed E-state index contributed by atoms with van der Waals surface area (Å²) in [6.45, 7) is 1.81. The molecule has 140 valence electrons. The second-order valence-electron chi connectivity index (χ2n) is 6.85. The Hall–Kier alpha value is -3.47. The molecule has 0 aliphatic heterocycles. The molecule has 1 N–H and O–H groups in total. The molecule has 3 aromatic rings. The third-order valence-corrected chi connectivity index (χ3v) is 4.79. The number of anilines is 1. The summed E-state index contributed by atoms with van der Waals surface area (Å²) in [5.41, 5.74) is 3.06. The van der Waals surface area contributed by atoms with Gasteiger partial charge in [-0.25, -0.2) is 4.98 Å². The second-order valence-corrected chi connectivity index (χ2v) is 6.85. The molecule has 0 saturated heterocycles. The first-order chi connectivity index (χ1) is 13.6. The van der Waals surface area contributed by atoms with Crippen molar-refractivity contribution in [2.24, 2.45) is 0 Å². The molecule has 1 aromatic heterocycles. The molecule has 1 aliphatic rings. The van der Waals surface area contributed by atoms with Crippen LogP contribution in [0.2, 0.25) is 0 Å². The highest BCUT2D eigenvalue weighted by Crippen LogP contribution is 2.17. The maximum Gasteiger partial charge on any atom is 0.265 e. The van der Waals surface area contributed by atoms with E-state index in [2.05, 4.69) is 22.5 Å². The number of amides is 1. The van der Waals surface area contributed by atoms with E-state index in [9.17, 15) is 9.59 Å². The summed E-state index contributed by atoms with van der Waals surface area (Å²) in [5.74, 6) is 0.572. The van der Waals surface area contributed by atoms with Gasteiger partial charge in [0.15, 0.2) is 0 Å². The predicted molar refractivity (Wildman–Crippen MR) is 112 cm³/mol. The molecule has 0 bridgehead atoms. The van der Waals surface area contributed by atoms with Gasteiger partial charge in [0, 0.05) is 5.69 Å². The van der Waals surface area contributed by atoms with Gasteiger partial charge in [0.2, 0.25) is 5.91 Å². The van der Waals surface area contributed by atoms with Crippen molar-refractivity contribution >= 4 is 22.5 Å². The number of para-hydroxylation sites is 1. The van der Waals surface area contributed by atoms with Gasteiger partial charge in [0.05, 0.1) is 23.0 Å². The Kier molecular flexibility index (Phi) is 4.89. The van der Waals surface area contributed by atoms with Crippen LogP contribution in [0.1, 0.15) is 25.1 Å². The highest BCUT2D eigenvalue weighted by molar-refractivity contribution is 5.92. The van der Waals surface area contributed by atoms with Gasteiger partial charge in [-0.2, -0.15) is 0 Å². The molecule has 1 amide bonds. The van der Waals surface area contributed by atoms with Crippen LogP contribution in [-0.2, 0) is 4.79 Å². The number of allylic oxidation sites excluding steroid dienone is 3. The minimum absolute atomic E-state index is 0.0498. The number of fused-ring (bicyclic) bond motifs is 1. The average Bonchev–Trinajstić information content (AvgIpc) is 2.70. The van der Waals surface area contributed by atoms with Crippen LogP contribution in [-0.4, -0.2) is 15.5 Å². The van der Waals surface area contributed by atoms with Gasteiger partial charge in [-0.1, -0.05) is 30.4 Å². The molecule has 5 heteroatoms. The second kappa shape index (κ2) is 7.64. The molecule has 1 aliphatic carbocycles. The standard InChI is InChI=1S/C23H21N3O2/c1-16-24-21-10-6-5-9-20(21)23(28)26(16)19-13-11-18(12-14-19)25-22(27)15-17-7-3-2-4-8-17/h3,5-14H,2,4,15H2,1H3,(H,25,27). The summed E-state index contributed by atoms with van der Waals surface area (Å²) < 4.78 is 1.59. The van der Waals surface area contributed by atoms with E-state index in [1.54, 1.807) is 22.8 Å². The summed E-state index contributed by atoms with van der Waals surface area (Å²) in [7, 11) is 0. The molecule has 2 aromatic carbocycles. The molecular weight excluding hydrogens is 350 g/mol. The lowest BCUT2D eigenvalue weighted by atomic mass is 10.0. The SMILES string of the molecule is Cc1nc2ccccc2c(=O)n1-c1ccc(NC(=O)CC2=CCCC=C2)cc1. The van der Waals surface area contributed by atoms with Crippen molar-refractivity contribution in [1.82, 2.24) is 9.55 Å². The third kappa shape index (κ3) is 3.64. The summed E-state index contributed by atoms with van der Waals surface area (Å²) in [6.07, 6.45) is 8.59. The normalized spacial score (nSPS) is 13.4. The van der Waals surface area contributed by atoms with Gasteiger partial charge < -0.3 is 5.32 Å². The Labute approximate surface area is 163 Å². The minimum atomic E-state index is -0.101. The van der Waals surface area contributed by atoms with Crippen LogP contribution in [0.4, 0.5) is 5.69 Å². The molecule has 0 spiro atoms. The summed E-state index contributed by atoms with van der Waals surface area (Å²) >= 11 is 0. The molecule has 0 saturated carbocycles. The van der Waals surface area contributed by atoms with Crippen molar-refractivity contribution in [1.29, 1.82) is 0 Å². The number of benzene rings is 2. The van der Waals surface area contributed by atoms with Crippen LogP contribution in [0, 0.1) is 6.92 Å². The van der Waals surface area contributed by atoms with Crippen molar-refractivity contribution in [3.63, 3.8) is 0 Å². The molecule has 4 rings (SSSR count). The first-order valence-corrected chi connectivity index (χ1v) is 9.36.